The van der Waals surface area contributed by atoms with E-state index < -0.39 is 6.10 Å². The van der Waals surface area contributed by atoms with Crippen molar-refractivity contribution in [2.45, 2.75) is 297 Å². The van der Waals surface area contributed by atoms with E-state index in [2.05, 4.69) is 130 Å². The summed E-state index contributed by atoms with van der Waals surface area (Å²) >= 11 is 0. The van der Waals surface area contributed by atoms with Gasteiger partial charge in [-0.1, -0.05) is 296 Å². The summed E-state index contributed by atoms with van der Waals surface area (Å²) in [5, 5.41) is 0. The zero-order chi connectivity index (χ0) is 55.7. The van der Waals surface area contributed by atoms with Crippen molar-refractivity contribution in [2.24, 2.45) is 0 Å². The molecule has 1 unspecified atom stereocenters. The van der Waals surface area contributed by atoms with Gasteiger partial charge in [-0.15, -0.1) is 0 Å². The lowest BCUT2D eigenvalue weighted by molar-refractivity contribution is -0.166. The van der Waals surface area contributed by atoms with Gasteiger partial charge >= 0.3 is 17.9 Å². The molecule has 0 bridgehead atoms. The van der Waals surface area contributed by atoms with Gasteiger partial charge in [0.2, 0.25) is 0 Å². The van der Waals surface area contributed by atoms with Gasteiger partial charge in [-0.05, 0) is 96.3 Å². The van der Waals surface area contributed by atoms with Gasteiger partial charge in [-0.3, -0.25) is 14.4 Å². The highest BCUT2D eigenvalue weighted by Crippen LogP contribution is 2.17. The maximum Gasteiger partial charge on any atom is 0.306 e. The summed E-state index contributed by atoms with van der Waals surface area (Å²) in [6.07, 6.45) is 89.5. The van der Waals surface area contributed by atoms with E-state index in [1.54, 1.807) is 0 Å². The fourth-order valence-corrected chi connectivity index (χ4v) is 8.76. The quantitative estimate of drug-likeness (QED) is 0.0261. The first-order valence-electron chi connectivity index (χ1n) is 32.0. The lowest BCUT2D eigenvalue weighted by atomic mass is 10.0. The van der Waals surface area contributed by atoms with Crippen LogP contribution in [0.2, 0.25) is 0 Å². The number of hydrogen-bond donors (Lipinski definition) is 0. The second kappa shape index (κ2) is 64.3. The molecule has 6 nitrogen and oxygen atoms in total. The Hall–Kier alpha value is -4.19. The minimum atomic E-state index is -0.833. The SMILES string of the molecule is CC/C=C\C/C=C\C/C=C\C/C=C\C/C=C\C/C=C\CCCCC(=O)OC(COC(=O)CC/C=C\C/C=C\C/C=C\C/C=C\CC)COC(=O)CCCCCCCCCCCCCCCCCCCCCCCCCCC. The van der Waals surface area contributed by atoms with E-state index in [4.69, 9.17) is 14.2 Å². The summed E-state index contributed by atoms with van der Waals surface area (Å²) in [7, 11) is 0. The van der Waals surface area contributed by atoms with E-state index >= 15 is 0 Å². The third-order valence-corrected chi connectivity index (χ3v) is 13.5. The zero-order valence-electron chi connectivity index (χ0n) is 50.2. The fourth-order valence-electron chi connectivity index (χ4n) is 8.76. The topological polar surface area (TPSA) is 78.9 Å². The van der Waals surface area contributed by atoms with Crippen molar-refractivity contribution in [3.05, 3.63) is 122 Å². The van der Waals surface area contributed by atoms with Crippen molar-refractivity contribution in [1.29, 1.82) is 0 Å². The number of ether oxygens (including phenoxy) is 3. The number of unbranched alkanes of at least 4 members (excludes halogenated alkanes) is 26. The van der Waals surface area contributed by atoms with Crippen LogP contribution >= 0.6 is 0 Å². The molecule has 0 aromatic carbocycles. The molecule has 0 aliphatic rings. The predicted octanol–water partition coefficient (Wildman–Crippen LogP) is 22.0. The molecule has 0 saturated carbocycles. The Morgan fingerprint density at radius 3 is 0.870 bits per heavy atom. The predicted molar refractivity (Wildman–Crippen MR) is 334 cm³/mol. The Labute approximate surface area is 475 Å². The maximum absolute atomic E-state index is 12.9. The molecule has 0 amide bonds. The fraction of sp³-hybridized carbons (Fsp3) is 0.676. The zero-order valence-corrected chi connectivity index (χ0v) is 50.2. The van der Waals surface area contributed by atoms with Gasteiger partial charge in [-0.25, -0.2) is 0 Å². The third kappa shape index (κ3) is 62.5. The summed E-state index contributed by atoms with van der Waals surface area (Å²) in [6, 6.07) is 0. The third-order valence-electron chi connectivity index (χ3n) is 13.5. The van der Waals surface area contributed by atoms with Crippen molar-refractivity contribution in [3.8, 4) is 0 Å². The Morgan fingerprint density at radius 1 is 0.273 bits per heavy atom. The number of carbonyl (C=O) groups excluding carboxylic acids is 3. The van der Waals surface area contributed by atoms with E-state index in [9.17, 15) is 14.4 Å². The van der Waals surface area contributed by atoms with E-state index in [-0.39, 0.29) is 44.0 Å². The molecular weight excluding hydrogens is 949 g/mol. The van der Waals surface area contributed by atoms with Crippen molar-refractivity contribution < 1.29 is 28.6 Å². The van der Waals surface area contributed by atoms with Crippen LogP contribution < -0.4 is 0 Å². The molecule has 0 spiro atoms. The summed E-state index contributed by atoms with van der Waals surface area (Å²) in [6.45, 7) is 6.33. The van der Waals surface area contributed by atoms with Crippen molar-refractivity contribution in [3.63, 3.8) is 0 Å². The second-order valence-corrected chi connectivity index (χ2v) is 20.9. The highest BCUT2D eigenvalue weighted by Gasteiger charge is 2.19. The molecule has 0 N–H and O–H groups in total. The van der Waals surface area contributed by atoms with E-state index in [1.807, 2.05) is 12.2 Å². The molecule has 6 heteroatoms. The average Bonchev–Trinajstić information content (AvgIpc) is 3.43. The van der Waals surface area contributed by atoms with Crippen LogP contribution in [0.1, 0.15) is 290 Å². The van der Waals surface area contributed by atoms with Crippen LogP contribution in [0, 0.1) is 0 Å². The molecule has 0 heterocycles. The molecule has 0 aromatic heterocycles. The van der Waals surface area contributed by atoms with Crippen LogP contribution in [0.15, 0.2) is 122 Å². The summed E-state index contributed by atoms with van der Waals surface area (Å²) in [4.78, 5) is 38.2. The number of esters is 3. The molecule has 0 saturated heterocycles. The Kier molecular flexibility index (Phi) is 60.8. The van der Waals surface area contributed by atoms with Crippen LogP contribution in [0.5, 0.6) is 0 Å². The number of hydrogen-bond acceptors (Lipinski definition) is 6. The lowest BCUT2D eigenvalue weighted by Crippen LogP contribution is -2.30. The molecule has 0 radical (unpaired) electrons. The molecule has 0 aliphatic heterocycles. The second-order valence-electron chi connectivity index (χ2n) is 20.9. The molecule has 0 aromatic rings. The Bertz CT molecular complexity index is 1600. The largest absolute Gasteiger partial charge is 0.462 e. The monoisotopic (exact) mass is 1070 g/mol. The highest BCUT2D eigenvalue weighted by molar-refractivity contribution is 5.71. The number of carbonyl (C=O) groups is 3. The molecule has 0 fully saturated rings. The minimum absolute atomic E-state index is 0.118. The number of rotatable bonds is 57. The van der Waals surface area contributed by atoms with Crippen LogP contribution in [0.4, 0.5) is 0 Å². The minimum Gasteiger partial charge on any atom is -0.462 e. The van der Waals surface area contributed by atoms with Gasteiger partial charge in [0.05, 0.1) is 0 Å². The van der Waals surface area contributed by atoms with Gasteiger partial charge in [0.25, 0.3) is 0 Å². The van der Waals surface area contributed by atoms with E-state index in [1.165, 1.54) is 141 Å². The summed E-state index contributed by atoms with van der Waals surface area (Å²) in [5.41, 5.74) is 0. The normalized spacial score (nSPS) is 12.9. The van der Waals surface area contributed by atoms with Crippen LogP contribution in [-0.4, -0.2) is 37.2 Å². The van der Waals surface area contributed by atoms with E-state index in [0.29, 0.717) is 19.3 Å². The summed E-state index contributed by atoms with van der Waals surface area (Å²) < 4.78 is 16.8. The van der Waals surface area contributed by atoms with E-state index in [0.717, 1.165) is 96.3 Å². The Balaban J connectivity index is 4.40. The maximum atomic E-state index is 12.9. The van der Waals surface area contributed by atoms with Crippen molar-refractivity contribution >= 4 is 17.9 Å². The molecule has 0 rings (SSSR count). The number of allylic oxidation sites excluding steroid dienone is 20. The molecular formula is C71H118O6. The van der Waals surface area contributed by atoms with Gasteiger partial charge < -0.3 is 14.2 Å². The molecule has 1 atom stereocenters. The molecule has 77 heavy (non-hydrogen) atoms. The summed E-state index contributed by atoms with van der Waals surface area (Å²) in [5.74, 6) is -1.04. The van der Waals surface area contributed by atoms with Crippen molar-refractivity contribution in [2.75, 3.05) is 13.2 Å². The molecule has 438 valence electrons. The molecule has 0 aliphatic carbocycles. The van der Waals surface area contributed by atoms with Crippen LogP contribution in [0.25, 0.3) is 0 Å². The van der Waals surface area contributed by atoms with Gasteiger partial charge in [0, 0.05) is 19.3 Å². The smallest absolute Gasteiger partial charge is 0.306 e. The van der Waals surface area contributed by atoms with Crippen molar-refractivity contribution in [1.82, 2.24) is 0 Å². The lowest BCUT2D eigenvalue weighted by Gasteiger charge is -2.18. The first-order valence-corrected chi connectivity index (χ1v) is 32.0. The van der Waals surface area contributed by atoms with Gasteiger partial charge in [0.1, 0.15) is 13.2 Å². The highest BCUT2D eigenvalue weighted by atomic mass is 16.6. The van der Waals surface area contributed by atoms with Crippen LogP contribution in [0.3, 0.4) is 0 Å². The first kappa shape index (κ1) is 72.8. The average molecular weight is 1070 g/mol. The van der Waals surface area contributed by atoms with Gasteiger partial charge in [0.15, 0.2) is 6.10 Å². The van der Waals surface area contributed by atoms with Crippen LogP contribution in [-0.2, 0) is 28.6 Å². The standard InChI is InChI=1S/C71H118O6/c1-4-7-10-13-16-19-22-25-27-29-31-33-34-35-36-38-39-41-43-46-49-52-55-58-61-64-70(73)76-67-68(66-75-69(72)63-60-57-54-51-48-45-24-21-18-15-12-9-6-3)77-71(74)65-62-59-56-53-50-47-44-42-40-37-32-30-28-26-23-20-17-14-11-8-5-2/h8-9,11-12,17-18,20-21,26,28,32,37,42,44-45,48,50,53-54,57,68H,4-7,10,13-16,19,22-25,27,29-31,33-36,38-41,43,46-47,49,51-52,55-56,58-67H2,1-3H3/b11-8-,12-9-,20-17-,21-18-,28-26-,37-32-,44-42-,48-45-,53-50-,57-54-. The first-order chi connectivity index (χ1) is 38.0. The Morgan fingerprint density at radius 2 is 0.532 bits per heavy atom. The van der Waals surface area contributed by atoms with Gasteiger partial charge in [-0.2, -0.15) is 0 Å².